The zero-order valence-electron chi connectivity index (χ0n) is 10.9. The van der Waals surface area contributed by atoms with E-state index in [0.717, 1.165) is 19.6 Å². The van der Waals surface area contributed by atoms with Crippen molar-refractivity contribution in [1.29, 1.82) is 0 Å². The van der Waals surface area contributed by atoms with Crippen LogP contribution in [-0.4, -0.2) is 37.1 Å². The Morgan fingerprint density at radius 3 is 2.59 bits per heavy atom. The number of anilines is 1. The number of benzene rings is 1. The van der Waals surface area contributed by atoms with Crippen molar-refractivity contribution in [2.75, 3.05) is 31.6 Å². The highest BCUT2D eigenvalue weighted by Crippen LogP contribution is 2.27. The summed E-state index contributed by atoms with van der Waals surface area (Å²) in [6.45, 7) is 7.82. The van der Waals surface area contributed by atoms with E-state index in [2.05, 4.69) is 55.0 Å². The van der Waals surface area contributed by atoms with Crippen LogP contribution in [0.1, 0.15) is 19.4 Å². The predicted octanol–water partition coefficient (Wildman–Crippen LogP) is 2.96. The molecule has 1 saturated heterocycles. The molecule has 0 N–H and O–H groups in total. The largest absolute Gasteiger partial charge is 0.368 e. The van der Waals surface area contributed by atoms with Crippen LogP contribution in [0.5, 0.6) is 0 Å². The van der Waals surface area contributed by atoms with E-state index in [1.165, 1.54) is 11.3 Å². The molecule has 3 heteroatoms. The molecule has 2 rings (SSSR count). The molecule has 0 bridgehead atoms. The first kappa shape index (κ1) is 12.7. The van der Waals surface area contributed by atoms with Crippen LogP contribution >= 0.6 is 11.6 Å². The Balaban J connectivity index is 2.23. The van der Waals surface area contributed by atoms with Gasteiger partial charge in [-0.3, -0.25) is 4.90 Å². The number of nitrogens with zero attached hydrogens (tertiary/aromatic N) is 2. The smallest absolute Gasteiger partial charge is 0.0494 e. The molecule has 1 aromatic carbocycles. The van der Waals surface area contributed by atoms with Gasteiger partial charge in [0.05, 0.1) is 0 Å². The van der Waals surface area contributed by atoms with Gasteiger partial charge in [-0.15, -0.1) is 11.6 Å². The summed E-state index contributed by atoms with van der Waals surface area (Å²) in [6, 6.07) is 8.45. The third-order valence-corrected chi connectivity index (χ3v) is 4.08. The molecule has 1 aliphatic rings. The summed E-state index contributed by atoms with van der Waals surface area (Å²) in [6.07, 6.45) is 0. The van der Waals surface area contributed by atoms with E-state index in [4.69, 9.17) is 11.6 Å². The Bertz CT molecular complexity index is 390. The van der Waals surface area contributed by atoms with E-state index in [9.17, 15) is 0 Å². The number of para-hydroxylation sites is 1. The molecule has 2 nitrogen and oxygen atoms in total. The predicted molar refractivity (Wildman–Crippen MR) is 74.9 cm³/mol. The Labute approximate surface area is 109 Å². The number of likely N-dealkylation sites (N-methyl/N-ethyl adjacent to an activating group) is 1. The Morgan fingerprint density at radius 1 is 1.24 bits per heavy atom. The van der Waals surface area contributed by atoms with Gasteiger partial charge in [0.25, 0.3) is 0 Å². The Kier molecular flexibility index (Phi) is 3.64. The third-order valence-electron chi connectivity index (χ3n) is 3.79. The lowest BCUT2D eigenvalue weighted by atomic mass is 9.98. The van der Waals surface area contributed by atoms with Gasteiger partial charge in [0.1, 0.15) is 0 Å². The van der Waals surface area contributed by atoms with Gasteiger partial charge >= 0.3 is 0 Å². The first-order chi connectivity index (χ1) is 8.04. The molecule has 17 heavy (non-hydrogen) atoms. The number of hydrogen-bond acceptors (Lipinski definition) is 2. The van der Waals surface area contributed by atoms with Gasteiger partial charge in [0.15, 0.2) is 0 Å². The zero-order valence-corrected chi connectivity index (χ0v) is 11.7. The molecule has 0 aromatic heterocycles. The van der Waals surface area contributed by atoms with Crippen molar-refractivity contribution in [2.45, 2.75) is 25.3 Å². The van der Waals surface area contributed by atoms with Gasteiger partial charge in [-0.25, -0.2) is 0 Å². The van der Waals surface area contributed by atoms with E-state index in [1.54, 1.807) is 0 Å². The molecule has 0 spiro atoms. The van der Waals surface area contributed by atoms with Crippen molar-refractivity contribution in [2.24, 2.45) is 0 Å². The van der Waals surface area contributed by atoms with Crippen LogP contribution in [0.15, 0.2) is 24.3 Å². The first-order valence-corrected chi connectivity index (χ1v) is 6.68. The van der Waals surface area contributed by atoms with E-state index in [-0.39, 0.29) is 5.54 Å². The first-order valence-electron chi connectivity index (χ1n) is 6.14. The fourth-order valence-corrected chi connectivity index (χ4v) is 2.60. The maximum absolute atomic E-state index is 6.01. The highest BCUT2D eigenvalue weighted by molar-refractivity contribution is 6.17. The second kappa shape index (κ2) is 4.87. The number of halogens is 1. The molecule has 1 heterocycles. The fraction of sp³-hybridized carbons (Fsp3) is 0.571. The molecule has 0 aliphatic carbocycles. The molecule has 94 valence electrons. The highest BCUT2D eigenvalue weighted by Gasteiger charge is 2.31. The van der Waals surface area contributed by atoms with Crippen molar-refractivity contribution in [3.8, 4) is 0 Å². The van der Waals surface area contributed by atoms with Gasteiger partial charge in [-0.2, -0.15) is 0 Å². The molecule has 1 aromatic rings. The van der Waals surface area contributed by atoms with Gasteiger partial charge in [-0.05, 0) is 32.5 Å². The minimum atomic E-state index is 0.220. The lowest BCUT2D eigenvalue weighted by Gasteiger charge is -2.46. The summed E-state index contributed by atoms with van der Waals surface area (Å²) in [5.74, 6) is 0.586. The fourth-order valence-electron chi connectivity index (χ4n) is 2.38. The lowest BCUT2D eigenvalue weighted by molar-refractivity contribution is 0.139. The van der Waals surface area contributed by atoms with E-state index >= 15 is 0 Å². The van der Waals surface area contributed by atoms with E-state index < -0.39 is 0 Å². The van der Waals surface area contributed by atoms with Crippen LogP contribution in [0.2, 0.25) is 0 Å². The summed E-state index contributed by atoms with van der Waals surface area (Å²) in [4.78, 5) is 4.88. The molecule has 0 atom stereocenters. The number of piperazine rings is 1. The van der Waals surface area contributed by atoms with Crippen molar-refractivity contribution in [3.63, 3.8) is 0 Å². The summed E-state index contributed by atoms with van der Waals surface area (Å²) >= 11 is 6.01. The van der Waals surface area contributed by atoms with E-state index in [1.807, 2.05) is 0 Å². The lowest BCUT2D eigenvalue weighted by Crippen LogP contribution is -2.57. The van der Waals surface area contributed by atoms with Gasteiger partial charge in [0.2, 0.25) is 0 Å². The van der Waals surface area contributed by atoms with Gasteiger partial charge < -0.3 is 4.90 Å². The van der Waals surface area contributed by atoms with Crippen LogP contribution < -0.4 is 4.90 Å². The average Bonchev–Trinajstić information content (AvgIpc) is 2.32. The van der Waals surface area contributed by atoms with Crippen LogP contribution in [0, 0.1) is 0 Å². The van der Waals surface area contributed by atoms with Crippen molar-refractivity contribution < 1.29 is 0 Å². The topological polar surface area (TPSA) is 6.48 Å². The molecular formula is C14H21ClN2. The van der Waals surface area contributed by atoms with Crippen molar-refractivity contribution in [1.82, 2.24) is 4.90 Å². The molecule has 0 saturated carbocycles. The summed E-state index contributed by atoms with van der Waals surface area (Å²) in [5, 5.41) is 0. The number of rotatable bonds is 2. The SMILES string of the molecule is CN1CCN(c2ccccc2CCl)CC1(C)C. The van der Waals surface area contributed by atoms with Crippen LogP contribution in [0.4, 0.5) is 5.69 Å². The summed E-state index contributed by atoms with van der Waals surface area (Å²) in [5.41, 5.74) is 2.75. The maximum atomic E-state index is 6.01. The second-order valence-corrected chi connectivity index (χ2v) is 5.69. The summed E-state index contributed by atoms with van der Waals surface area (Å²) < 4.78 is 0. The Morgan fingerprint density at radius 2 is 1.94 bits per heavy atom. The minimum absolute atomic E-state index is 0.220. The minimum Gasteiger partial charge on any atom is -0.368 e. The average molecular weight is 253 g/mol. The van der Waals surface area contributed by atoms with Crippen LogP contribution in [-0.2, 0) is 5.88 Å². The van der Waals surface area contributed by atoms with Crippen molar-refractivity contribution in [3.05, 3.63) is 29.8 Å². The normalized spacial score (nSPS) is 20.6. The van der Waals surface area contributed by atoms with Crippen LogP contribution in [0.25, 0.3) is 0 Å². The quantitative estimate of drug-likeness (QED) is 0.747. The van der Waals surface area contributed by atoms with Gasteiger partial charge in [0, 0.05) is 36.7 Å². The molecule has 0 radical (unpaired) electrons. The number of hydrogen-bond donors (Lipinski definition) is 0. The molecule has 0 unspecified atom stereocenters. The third kappa shape index (κ3) is 2.58. The van der Waals surface area contributed by atoms with Gasteiger partial charge in [-0.1, -0.05) is 18.2 Å². The molecule has 0 amide bonds. The molecule has 1 fully saturated rings. The van der Waals surface area contributed by atoms with Crippen molar-refractivity contribution >= 4 is 17.3 Å². The second-order valence-electron chi connectivity index (χ2n) is 5.42. The van der Waals surface area contributed by atoms with E-state index in [0.29, 0.717) is 5.88 Å². The standard InChI is InChI=1S/C14H21ClN2/c1-14(2)11-17(9-8-16(14)3)13-7-5-4-6-12(13)10-15/h4-7H,8-11H2,1-3H3. The monoisotopic (exact) mass is 252 g/mol. The number of alkyl halides is 1. The van der Waals surface area contributed by atoms with Crippen LogP contribution in [0.3, 0.4) is 0 Å². The zero-order chi connectivity index (χ0) is 12.5. The molecule has 1 aliphatic heterocycles. The highest BCUT2D eigenvalue weighted by atomic mass is 35.5. The maximum Gasteiger partial charge on any atom is 0.0494 e. The summed E-state index contributed by atoms with van der Waals surface area (Å²) in [7, 11) is 2.20. The molecular weight excluding hydrogens is 232 g/mol. The Hall–Kier alpha value is -0.730.